The predicted molar refractivity (Wildman–Crippen MR) is 125 cm³/mol. The second-order valence-corrected chi connectivity index (χ2v) is 8.79. The lowest BCUT2D eigenvalue weighted by atomic mass is 9.82. The van der Waals surface area contributed by atoms with Gasteiger partial charge in [-0.05, 0) is 35.4 Å². The molecule has 2 unspecified atom stereocenters. The standard InChI is InChI=1S/C25H34N4O3/c30-21-5-1-19(2-6-21)23(17-28-13-9-26-10-14-28)25(32)24(18-29-15-11-27-12-16-29)20-3-7-22(31)8-4-20/h1-8,23-24,26-27,30-31H,9-18H2. The van der Waals surface area contributed by atoms with Crippen molar-refractivity contribution in [3.05, 3.63) is 59.7 Å². The van der Waals surface area contributed by atoms with Crippen LogP contribution in [-0.4, -0.2) is 91.2 Å². The van der Waals surface area contributed by atoms with Crippen LogP contribution in [0.3, 0.4) is 0 Å². The van der Waals surface area contributed by atoms with Gasteiger partial charge in [0.15, 0.2) is 0 Å². The van der Waals surface area contributed by atoms with Gasteiger partial charge in [-0.1, -0.05) is 24.3 Å². The third kappa shape index (κ3) is 5.86. The van der Waals surface area contributed by atoms with Crippen molar-refractivity contribution in [2.45, 2.75) is 11.8 Å². The minimum Gasteiger partial charge on any atom is -0.508 e. The normalized spacial score (nSPS) is 20.0. The van der Waals surface area contributed by atoms with Crippen LogP contribution in [0.1, 0.15) is 23.0 Å². The van der Waals surface area contributed by atoms with Crippen molar-refractivity contribution in [3.63, 3.8) is 0 Å². The molecule has 2 saturated heterocycles. The van der Waals surface area contributed by atoms with E-state index < -0.39 is 0 Å². The van der Waals surface area contributed by atoms with Crippen LogP contribution in [0, 0.1) is 0 Å². The summed E-state index contributed by atoms with van der Waals surface area (Å²) in [5.41, 5.74) is 1.88. The second kappa shape index (κ2) is 10.9. The fraction of sp³-hybridized carbons (Fsp3) is 0.480. The quantitative estimate of drug-likeness (QED) is 0.495. The van der Waals surface area contributed by atoms with Crippen molar-refractivity contribution >= 4 is 5.78 Å². The highest BCUT2D eigenvalue weighted by Gasteiger charge is 2.32. The number of carbonyl (C=O) groups is 1. The molecule has 7 nitrogen and oxygen atoms in total. The summed E-state index contributed by atoms with van der Waals surface area (Å²) >= 11 is 0. The van der Waals surface area contributed by atoms with Crippen LogP contribution in [0.25, 0.3) is 0 Å². The van der Waals surface area contributed by atoms with E-state index in [2.05, 4.69) is 20.4 Å². The molecule has 0 aromatic heterocycles. The molecule has 2 atom stereocenters. The van der Waals surface area contributed by atoms with Gasteiger partial charge in [-0.2, -0.15) is 0 Å². The van der Waals surface area contributed by atoms with Crippen LogP contribution in [0.15, 0.2) is 48.5 Å². The van der Waals surface area contributed by atoms with Crippen LogP contribution in [0.5, 0.6) is 11.5 Å². The zero-order valence-electron chi connectivity index (χ0n) is 18.5. The van der Waals surface area contributed by atoms with Gasteiger partial charge >= 0.3 is 0 Å². The summed E-state index contributed by atoms with van der Waals surface area (Å²) in [7, 11) is 0. The Kier molecular flexibility index (Phi) is 7.76. The van der Waals surface area contributed by atoms with Crippen LogP contribution < -0.4 is 10.6 Å². The van der Waals surface area contributed by atoms with Crippen molar-refractivity contribution < 1.29 is 15.0 Å². The Bertz CT molecular complexity index is 788. The number of hydrogen-bond acceptors (Lipinski definition) is 7. The van der Waals surface area contributed by atoms with E-state index in [0.29, 0.717) is 13.1 Å². The molecule has 2 heterocycles. The number of nitrogens with zero attached hydrogens (tertiary/aromatic N) is 2. The molecule has 2 aliphatic rings. The first-order chi connectivity index (χ1) is 15.6. The van der Waals surface area contributed by atoms with Gasteiger partial charge < -0.3 is 20.8 Å². The Morgan fingerprint density at radius 2 is 1.03 bits per heavy atom. The fourth-order valence-electron chi connectivity index (χ4n) is 4.68. The number of rotatable bonds is 8. The van der Waals surface area contributed by atoms with E-state index in [9.17, 15) is 15.0 Å². The molecule has 2 aromatic rings. The fourth-order valence-corrected chi connectivity index (χ4v) is 4.68. The number of carbonyl (C=O) groups excluding carboxylic acids is 1. The summed E-state index contributed by atoms with van der Waals surface area (Å²) in [5.74, 6) is 0.0420. The lowest BCUT2D eigenvalue weighted by Gasteiger charge is -2.34. The minimum absolute atomic E-state index is 0.193. The Morgan fingerprint density at radius 3 is 1.38 bits per heavy atom. The Hall–Kier alpha value is -2.45. The molecule has 0 saturated carbocycles. The van der Waals surface area contributed by atoms with Crippen molar-refractivity contribution in [1.82, 2.24) is 20.4 Å². The second-order valence-electron chi connectivity index (χ2n) is 8.79. The molecule has 4 N–H and O–H groups in total. The van der Waals surface area contributed by atoms with Gasteiger partial charge in [0.2, 0.25) is 0 Å². The number of phenols is 2. The maximum Gasteiger partial charge on any atom is 0.150 e. The van der Waals surface area contributed by atoms with Gasteiger partial charge in [0, 0.05) is 65.4 Å². The third-order valence-corrected chi connectivity index (χ3v) is 6.58. The van der Waals surface area contributed by atoms with E-state index >= 15 is 0 Å². The molecule has 32 heavy (non-hydrogen) atoms. The van der Waals surface area contributed by atoms with E-state index in [4.69, 9.17) is 0 Å². The van der Waals surface area contributed by atoms with E-state index in [-0.39, 0.29) is 29.1 Å². The third-order valence-electron chi connectivity index (χ3n) is 6.58. The van der Waals surface area contributed by atoms with Gasteiger partial charge in [-0.25, -0.2) is 0 Å². The molecule has 172 valence electrons. The van der Waals surface area contributed by atoms with Crippen molar-refractivity contribution in [2.24, 2.45) is 0 Å². The first kappa shape index (κ1) is 22.7. The van der Waals surface area contributed by atoms with Crippen LogP contribution in [-0.2, 0) is 4.79 Å². The lowest BCUT2D eigenvalue weighted by Crippen LogP contribution is -2.48. The van der Waals surface area contributed by atoms with Crippen molar-refractivity contribution in [2.75, 3.05) is 65.4 Å². The number of phenolic OH excluding ortho intramolecular Hbond substituents is 2. The average Bonchev–Trinajstić information content (AvgIpc) is 2.83. The van der Waals surface area contributed by atoms with Crippen molar-refractivity contribution in [3.8, 4) is 11.5 Å². The predicted octanol–water partition coefficient (Wildman–Crippen LogP) is 1.34. The summed E-state index contributed by atoms with van der Waals surface area (Å²) in [4.78, 5) is 18.9. The Labute approximate surface area is 190 Å². The van der Waals surface area contributed by atoms with Crippen molar-refractivity contribution in [1.29, 1.82) is 0 Å². The number of benzene rings is 2. The van der Waals surface area contributed by atoms with E-state index in [1.807, 2.05) is 24.3 Å². The van der Waals surface area contributed by atoms with Gasteiger partial charge in [0.25, 0.3) is 0 Å². The number of aromatic hydroxyl groups is 2. The monoisotopic (exact) mass is 438 g/mol. The SMILES string of the molecule is O=C(C(CN1CCNCC1)c1ccc(O)cc1)C(CN1CCNCC1)c1ccc(O)cc1. The summed E-state index contributed by atoms with van der Waals surface area (Å²) < 4.78 is 0. The molecular weight excluding hydrogens is 404 g/mol. The average molecular weight is 439 g/mol. The zero-order chi connectivity index (χ0) is 22.3. The topological polar surface area (TPSA) is 88.1 Å². The van der Waals surface area contributed by atoms with Gasteiger partial charge in [-0.3, -0.25) is 14.6 Å². The number of piperazine rings is 2. The largest absolute Gasteiger partial charge is 0.508 e. The first-order valence-electron chi connectivity index (χ1n) is 11.6. The zero-order valence-corrected chi connectivity index (χ0v) is 18.5. The van der Waals surface area contributed by atoms with Crippen LogP contribution in [0.2, 0.25) is 0 Å². The maximum atomic E-state index is 14.2. The number of Topliss-reactive ketones (excluding diaryl/α,β-unsaturated/α-hetero) is 1. The Morgan fingerprint density at radius 1 is 0.688 bits per heavy atom. The Balaban J connectivity index is 1.63. The van der Waals surface area contributed by atoms with E-state index in [1.54, 1.807) is 24.3 Å². The molecular formula is C25H34N4O3. The molecule has 0 spiro atoms. The van der Waals surface area contributed by atoms with Gasteiger partial charge in [-0.15, -0.1) is 0 Å². The van der Waals surface area contributed by atoms with Crippen LogP contribution in [0.4, 0.5) is 0 Å². The summed E-state index contributed by atoms with van der Waals surface area (Å²) in [6, 6.07) is 14.2. The molecule has 7 heteroatoms. The number of ketones is 1. The first-order valence-corrected chi connectivity index (χ1v) is 11.6. The molecule has 0 radical (unpaired) electrons. The minimum atomic E-state index is -0.282. The molecule has 0 bridgehead atoms. The number of hydrogen-bond donors (Lipinski definition) is 4. The molecule has 0 amide bonds. The van der Waals surface area contributed by atoms with Gasteiger partial charge in [0.1, 0.15) is 17.3 Å². The highest BCUT2D eigenvalue weighted by atomic mass is 16.3. The number of nitrogens with one attached hydrogen (secondary N) is 2. The molecule has 2 fully saturated rings. The smallest absolute Gasteiger partial charge is 0.150 e. The van der Waals surface area contributed by atoms with E-state index in [1.165, 1.54) is 0 Å². The molecule has 2 aromatic carbocycles. The molecule has 2 aliphatic heterocycles. The molecule has 0 aliphatic carbocycles. The summed E-state index contributed by atoms with van der Waals surface area (Å²) in [6.45, 7) is 8.73. The highest BCUT2D eigenvalue weighted by molar-refractivity contribution is 5.92. The summed E-state index contributed by atoms with van der Waals surface area (Å²) in [5, 5.41) is 26.3. The molecule has 4 rings (SSSR count). The lowest BCUT2D eigenvalue weighted by molar-refractivity contribution is -0.123. The maximum absolute atomic E-state index is 14.2. The van der Waals surface area contributed by atoms with Crippen LogP contribution >= 0.6 is 0 Å². The summed E-state index contributed by atoms with van der Waals surface area (Å²) in [6.07, 6.45) is 0. The van der Waals surface area contributed by atoms with E-state index in [0.717, 1.165) is 63.5 Å². The highest BCUT2D eigenvalue weighted by Crippen LogP contribution is 2.30. The van der Waals surface area contributed by atoms with Gasteiger partial charge in [0.05, 0.1) is 11.8 Å².